The van der Waals surface area contributed by atoms with Gasteiger partial charge in [0.25, 0.3) is 0 Å². The first-order valence-corrected chi connectivity index (χ1v) is 9.59. The number of alkyl carbamates (subject to hydrolysis) is 1. The third kappa shape index (κ3) is 3.70. The summed E-state index contributed by atoms with van der Waals surface area (Å²) in [6.45, 7) is 0.583. The molecule has 1 amide bonds. The minimum Gasteiger partial charge on any atom is -0.449 e. The first-order valence-electron chi connectivity index (χ1n) is 8.77. The summed E-state index contributed by atoms with van der Waals surface area (Å²) in [6.07, 6.45) is -0.00133. The number of aliphatic hydroxyl groups excluding tert-OH is 1. The zero-order valence-corrected chi connectivity index (χ0v) is 15.4. The molecule has 1 aliphatic carbocycles. The number of fused-ring (bicyclic) bond motifs is 3. The van der Waals surface area contributed by atoms with Gasteiger partial charge in [0.05, 0.1) is 6.54 Å². The second-order valence-electron chi connectivity index (χ2n) is 6.24. The topological polar surface area (TPSA) is 84.3 Å². The van der Waals surface area contributed by atoms with E-state index in [4.69, 9.17) is 9.84 Å². The molecule has 2 N–H and O–H groups in total. The summed E-state index contributed by atoms with van der Waals surface area (Å²) in [4.78, 5) is 12.1. The van der Waals surface area contributed by atoms with Crippen LogP contribution in [0.1, 0.15) is 27.1 Å². The van der Waals surface area contributed by atoms with Crippen molar-refractivity contribution in [1.29, 1.82) is 0 Å². The Bertz CT molecular complexity index is 911. The van der Waals surface area contributed by atoms with E-state index in [0.29, 0.717) is 11.4 Å². The molecule has 7 heteroatoms. The van der Waals surface area contributed by atoms with Gasteiger partial charge in [0.1, 0.15) is 16.6 Å². The van der Waals surface area contributed by atoms with Gasteiger partial charge in [0.15, 0.2) is 0 Å². The van der Waals surface area contributed by atoms with Gasteiger partial charge in [0.2, 0.25) is 0 Å². The lowest BCUT2D eigenvalue weighted by Crippen LogP contribution is -2.25. The summed E-state index contributed by atoms with van der Waals surface area (Å²) >= 11 is 1.37. The summed E-state index contributed by atoms with van der Waals surface area (Å²) in [5.41, 5.74) is 4.77. The van der Waals surface area contributed by atoms with Crippen molar-refractivity contribution in [2.75, 3.05) is 13.2 Å². The van der Waals surface area contributed by atoms with Gasteiger partial charge >= 0.3 is 6.09 Å². The van der Waals surface area contributed by atoms with Gasteiger partial charge in [-0.1, -0.05) is 59.9 Å². The van der Waals surface area contributed by atoms with Crippen molar-refractivity contribution in [2.24, 2.45) is 0 Å². The lowest BCUT2D eigenvalue weighted by Gasteiger charge is -2.14. The van der Waals surface area contributed by atoms with Crippen molar-refractivity contribution in [1.82, 2.24) is 15.5 Å². The van der Waals surface area contributed by atoms with Crippen LogP contribution >= 0.6 is 11.3 Å². The van der Waals surface area contributed by atoms with Crippen molar-refractivity contribution in [3.05, 3.63) is 69.7 Å². The minimum absolute atomic E-state index is 0.0362. The second-order valence-corrected chi connectivity index (χ2v) is 7.39. The van der Waals surface area contributed by atoms with Crippen molar-refractivity contribution < 1.29 is 14.6 Å². The molecule has 0 saturated carbocycles. The lowest BCUT2D eigenvalue weighted by molar-refractivity contribution is 0.142. The highest BCUT2D eigenvalue weighted by Crippen LogP contribution is 2.44. The molecule has 0 spiro atoms. The third-order valence-electron chi connectivity index (χ3n) is 4.56. The molecule has 6 nitrogen and oxygen atoms in total. The summed E-state index contributed by atoms with van der Waals surface area (Å²) in [6, 6.07) is 16.5. The predicted octanol–water partition coefficient (Wildman–Crippen LogP) is 3.11. The fourth-order valence-electron chi connectivity index (χ4n) is 3.35. The maximum absolute atomic E-state index is 12.1. The number of hydrogen-bond acceptors (Lipinski definition) is 6. The van der Waals surface area contributed by atoms with Gasteiger partial charge in [-0.25, -0.2) is 4.79 Å². The molecule has 0 unspecified atom stereocenters. The Hall–Kier alpha value is -2.77. The van der Waals surface area contributed by atoms with Crippen LogP contribution in [-0.2, 0) is 17.7 Å². The fraction of sp³-hybridized carbons (Fsp3) is 0.250. The molecule has 3 aromatic rings. The fourth-order valence-corrected chi connectivity index (χ4v) is 4.13. The highest BCUT2D eigenvalue weighted by atomic mass is 32.1. The van der Waals surface area contributed by atoms with Crippen molar-refractivity contribution in [3.63, 3.8) is 0 Å². The van der Waals surface area contributed by atoms with E-state index in [1.165, 1.54) is 33.6 Å². The Labute approximate surface area is 160 Å². The number of amides is 1. The van der Waals surface area contributed by atoms with E-state index in [9.17, 15) is 4.79 Å². The Balaban J connectivity index is 1.37. The van der Waals surface area contributed by atoms with Crippen molar-refractivity contribution >= 4 is 17.4 Å². The van der Waals surface area contributed by atoms with E-state index in [-0.39, 0.29) is 25.7 Å². The van der Waals surface area contributed by atoms with Gasteiger partial charge in [-0.2, -0.15) is 0 Å². The first-order chi connectivity index (χ1) is 13.3. The molecule has 1 aliphatic rings. The van der Waals surface area contributed by atoms with Crippen LogP contribution in [0.15, 0.2) is 48.5 Å². The maximum Gasteiger partial charge on any atom is 0.407 e. The number of nitrogens with one attached hydrogen (secondary N) is 1. The summed E-state index contributed by atoms with van der Waals surface area (Å²) in [7, 11) is 0. The van der Waals surface area contributed by atoms with Crippen LogP contribution in [0.3, 0.4) is 0 Å². The monoisotopic (exact) mass is 381 g/mol. The number of carbonyl (C=O) groups is 1. The molecule has 138 valence electrons. The van der Waals surface area contributed by atoms with Gasteiger partial charge in [-0.15, -0.1) is 10.2 Å². The molecule has 0 fully saturated rings. The Morgan fingerprint density at radius 3 is 2.33 bits per heavy atom. The Morgan fingerprint density at radius 2 is 1.67 bits per heavy atom. The highest BCUT2D eigenvalue weighted by Gasteiger charge is 2.28. The average molecular weight is 381 g/mol. The number of aliphatic hydroxyl groups is 1. The molecule has 1 aromatic heterocycles. The van der Waals surface area contributed by atoms with Crippen LogP contribution in [-0.4, -0.2) is 34.6 Å². The van der Waals surface area contributed by atoms with Gasteiger partial charge < -0.3 is 15.2 Å². The van der Waals surface area contributed by atoms with E-state index in [1.807, 2.05) is 24.3 Å². The van der Waals surface area contributed by atoms with E-state index in [1.54, 1.807) is 0 Å². The van der Waals surface area contributed by atoms with E-state index in [2.05, 4.69) is 39.8 Å². The molecule has 4 rings (SSSR count). The molecular formula is C20H19N3O3S. The van der Waals surface area contributed by atoms with Gasteiger partial charge in [-0.3, -0.25) is 0 Å². The van der Waals surface area contributed by atoms with Crippen molar-refractivity contribution in [3.8, 4) is 11.1 Å². The lowest BCUT2D eigenvalue weighted by atomic mass is 9.98. The quantitative estimate of drug-likeness (QED) is 0.685. The number of carbonyl (C=O) groups excluding carboxylic acids is 1. The summed E-state index contributed by atoms with van der Waals surface area (Å²) < 4.78 is 5.48. The second kappa shape index (κ2) is 7.85. The largest absolute Gasteiger partial charge is 0.449 e. The number of aromatic nitrogens is 2. The molecule has 0 saturated heterocycles. The van der Waals surface area contributed by atoms with E-state index in [0.717, 1.165) is 5.01 Å². The number of benzene rings is 2. The zero-order chi connectivity index (χ0) is 18.6. The number of rotatable bonds is 6. The summed E-state index contributed by atoms with van der Waals surface area (Å²) in [5, 5.41) is 21.0. The molecule has 0 radical (unpaired) electrons. The van der Waals surface area contributed by atoms with Crippen LogP contribution in [0.25, 0.3) is 11.1 Å². The van der Waals surface area contributed by atoms with Gasteiger partial charge in [0, 0.05) is 18.9 Å². The van der Waals surface area contributed by atoms with Gasteiger partial charge in [-0.05, 0) is 22.3 Å². The number of nitrogens with zero attached hydrogens (tertiary/aromatic N) is 2. The minimum atomic E-state index is -0.476. The zero-order valence-electron chi connectivity index (χ0n) is 14.6. The van der Waals surface area contributed by atoms with E-state index >= 15 is 0 Å². The first kappa shape index (κ1) is 17.6. The number of ether oxygens (including phenoxy) is 1. The maximum atomic E-state index is 12.1. The standard InChI is InChI=1S/C20H19N3O3S/c24-10-9-18-22-23-19(27-18)11-21-20(25)26-12-17-15-7-3-1-5-13(15)14-6-2-4-8-16(14)17/h1-8,17,24H,9-12H2,(H,21,25). The highest BCUT2D eigenvalue weighted by molar-refractivity contribution is 7.11. The molecule has 1 heterocycles. The molecule has 2 aromatic carbocycles. The van der Waals surface area contributed by atoms with E-state index < -0.39 is 6.09 Å². The van der Waals surface area contributed by atoms with Crippen molar-refractivity contribution in [2.45, 2.75) is 18.9 Å². The molecular weight excluding hydrogens is 362 g/mol. The van der Waals surface area contributed by atoms with Crippen LogP contribution < -0.4 is 5.32 Å². The molecule has 0 atom stereocenters. The smallest absolute Gasteiger partial charge is 0.407 e. The Morgan fingerprint density at radius 1 is 1.04 bits per heavy atom. The molecule has 0 bridgehead atoms. The SMILES string of the molecule is O=C(NCc1nnc(CCO)s1)OCC1c2ccccc2-c2ccccc21. The molecule has 27 heavy (non-hydrogen) atoms. The van der Waals surface area contributed by atoms with Crippen LogP contribution in [0, 0.1) is 0 Å². The third-order valence-corrected chi connectivity index (χ3v) is 5.55. The van der Waals surface area contributed by atoms with Crippen LogP contribution in [0.4, 0.5) is 4.79 Å². The molecule has 0 aliphatic heterocycles. The van der Waals surface area contributed by atoms with Crippen LogP contribution in [0.5, 0.6) is 0 Å². The summed E-state index contributed by atoms with van der Waals surface area (Å²) in [5.74, 6) is 0.0424. The predicted molar refractivity (Wildman–Crippen MR) is 103 cm³/mol. The Kier molecular flexibility index (Phi) is 5.13. The normalized spacial score (nSPS) is 12.5. The average Bonchev–Trinajstić information content (AvgIpc) is 3.27. The van der Waals surface area contributed by atoms with Crippen LogP contribution in [0.2, 0.25) is 0 Å². The number of hydrogen-bond donors (Lipinski definition) is 2.